The van der Waals surface area contributed by atoms with Crippen molar-refractivity contribution in [2.75, 3.05) is 13.7 Å². The maximum Gasteiger partial charge on any atom is 0.128 e. The molecule has 2 rings (SSSR count). The summed E-state index contributed by atoms with van der Waals surface area (Å²) in [7, 11) is 1.74. The van der Waals surface area contributed by atoms with Crippen molar-refractivity contribution in [1.29, 1.82) is 0 Å². The average molecular weight is 279 g/mol. The molecule has 0 amide bonds. The maximum atomic E-state index is 14.5. The summed E-state index contributed by atoms with van der Waals surface area (Å²) in [6.07, 6.45) is 3.48. The summed E-state index contributed by atoms with van der Waals surface area (Å²) in [6.45, 7) is 6.93. The first-order valence-electron chi connectivity index (χ1n) is 7.61. The number of methoxy groups -OCH3 is 1. The van der Waals surface area contributed by atoms with Gasteiger partial charge in [0.1, 0.15) is 5.82 Å². The quantitative estimate of drug-likeness (QED) is 0.817. The average Bonchev–Trinajstić information content (AvgIpc) is 3.19. The molecule has 0 bridgehead atoms. The summed E-state index contributed by atoms with van der Waals surface area (Å²) in [6, 6.07) is 3.63. The highest BCUT2D eigenvalue weighted by Gasteiger charge is 2.38. The van der Waals surface area contributed by atoms with E-state index in [4.69, 9.17) is 4.74 Å². The van der Waals surface area contributed by atoms with E-state index in [1.54, 1.807) is 13.2 Å². The second-order valence-corrected chi connectivity index (χ2v) is 5.95. The molecule has 1 aromatic carbocycles. The molecule has 0 spiro atoms. The molecule has 1 saturated carbocycles. The molecule has 1 aliphatic carbocycles. The number of rotatable bonds is 7. The Morgan fingerprint density at radius 2 is 2.05 bits per heavy atom. The van der Waals surface area contributed by atoms with Crippen LogP contribution in [0.25, 0.3) is 0 Å². The second kappa shape index (κ2) is 6.68. The van der Waals surface area contributed by atoms with Crippen LogP contribution in [0.3, 0.4) is 0 Å². The molecule has 0 aromatic heterocycles. The van der Waals surface area contributed by atoms with Gasteiger partial charge in [-0.05, 0) is 62.8 Å². The number of halogens is 1. The van der Waals surface area contributed by atoms with Crippen LogP contribution in [0.15, 0.2) is 12.1 Å². The van der Waals surface area contributed by atoms with Crippen LogP contribution in [0.1, 0.15) is 48.9 Å². The van der Waals surface area contributed by atoms with Gasteiger partial charge in [-0.15, -0.1) is 0 Å². The van der Waals surface area contributed by atoms with Crippen molar-refractivity contribution in [1.82, 2.24) is 5.32 Å². The lowest BCUT2D eigenvalue weighted by Crippen LogP contribution is -2.36. The number of aryl methyl sites for hydroxylation is 2. The van der Waals surface area contributed by atoms with E-state index in [0.29, 0.717) is 5.92 Å². The number of ether oxygens (including phenoxy) is 1. The van der Waals surface area contributed by atoms with Crippen LogP contribution in [-0.4, -0.2) is 19.8 Å². The molecule has 20 heavy (non-hydrogen) atoms. The molecule has 3 heteroatoms. The molecule has 0 radical (unpaired) electrons. The molecule has 1 aromatic rings. The Bertz CT molecular complexity index is 433. The number of benzene rings is 1. The van der Waals surface area contributed by atoms with Crippen molar-refractivity contribution in [3.8, 4) is 0 Å². The Morgan fingerprint density at radius 1 is 1.35 bits per heavy atom. The Morgan fingerprint density at radius 3 is 2.55 bits per heavy atom. The summed E-state index contributed by atoms with van der Waals surface area (Å²) in [4.78, 5) is 0. The normalized spacial score (nSPS) is 18.1. The van der Waals surface area contributed by atoms with E-state index in [1.807, 2.05) is 13.8 Å². The second-order valence-electron chi connectivity index (χ2n) is 5.95. The first-order valence-corrected chi connectivity index (χ1v) is 7.61. The van der Waals surface area contributed by atoms with E-state index in [2.05, 4.69) is 18.3 Å². The Hall–Kier alpha value is -0.930. The Balaban J connectivity index is 2.34. The fourth-order valence-electron chi connectivity index (χ4n) is 3.03. The molecule has 0 heterocycles. The van der Waals surface area contributed by atoms with Gasteiger partial charge in [0.25, 0.3) is 0 Å². The zero-order valence-corrected chi connectivity index (χ0v) is 13.0. The van der Waals surface area contributed by atoms with Crippen LogP contribution in [0.4, 0.5) is 4.39 Å². The van der Waals surface area contributed by atoms with E-state index in [0.717, 1.165) is 29.7 Å². The highest BCUT2D eigenvalue weighted by atomic mass is 19.1. The van der Waals surface area contributed by atoms with Crippen LogP contribution >= 0.6 is 0 Å². The monoisotopic (exact) mass is 279 g/mol. The zero-order valence-electron chi connectivity index (χ0n) is 13.0. The van der Waals surface area contributed by atoms with Crippen molar-refractivity contribution >= 4 is 0 Å². The zero-order chi connectivity index (χ0) is 14.7. The van der Waals surface area contributed by atoms with Crippen molar-refractivity contribution in [3.63, 3.8) is 0 Å². The lowest BCUT2D eigenvalue weighted by atomic mass is 9.92. The first kappa shape index (κ1) is 15.5. The molecule has 112 valence electrons. The lowest BCUT2D eigenvalue weighted by molar-refractivity contribution is 0.0494. The van der Waals surface area contributed by atoms with Gasteiger partial charge in [-0.25, -0.2) is 4.39 Å². The standard InChI is InChI=1S/C17H26FNO/c1-5-8-19-16(17(20-4)13-6-7-13)15-12(3)9-11(2)10-14(15)18/h9-10,13,16-17,19H,5-8H2,1-4H3. The minimum Gasteiger partial charge on any atom is -0.379 e. The summed E-state index contributed by atoms with van der Waals surface area (Å²) in [5.74, 6) is 0.452. The third kappa shape index (κ3) is 3.39. The van der Waals surface area contributed by atoms with E-state index >= 15 is 0 Å². The fourth-order valence-corrected chi connectivity index (χ4v) is 3.03. The van der Waals surface area contributed by atoms with Gasteiger partial charge in [-0.1, -0.05) is 13.0 Å². The van der Waals surface area contributed by atoms with E-state index in [-0.39, 0.29) is 18.0 Å². The third-order valence-corrected chi connectivity index (χ3v) is 4.09. The van der Waals surface area contributed by atoms with Gasteiger partial charge < -0.3 is 10.1 Å². The molecule has 1 fully saturated rings. The van der Waals surface area contributed by atoms with E-state index in [9.17, 15) is 4.39 Å². The van der Waals surface area contributed by atoms with Gasteiger partial charge >= 0.3 is 0 Å². The molecule has 0 saturated heterocycles. The number of hydrogen-bond acceptors (Lipinski definition) is 2. The molecule has 2 nitrogen and oxygen atoms in total. The summed E-state index contributed by atoms with van der Waals surface area (Å²) < 4.78 is 20.2. The van der Waals surface area contributed by atoms with Crippen LogP contribution in [0.2, 0.25) is 0 Å². The molecule has 2 unspecified atom stereocenters. The van der Waals surface area contributed by atoms with Crippen LogP contribution in [0, 0.1) is 25.6 Å². The van der Waals surface area contributed by atoms with Crippen molar-refractivity contribution < 1.29 is 9.13 Å². The molecular weight excluding hydrogens is 253 g/mol. The Labute approximate surface area is 121 Å². The maximum absolute atomic E-state index is 14.5. The van der Waals surface area contributed by atoms with Crippen LogP contribution in [-0.2, 0) is 4.74 Å². The van der Waals surface area contributed by atoms with Gasteiger partial charge in [0.05, 0.1) is 12.1 Å². The van der Waals surface area contributed by atoms with E-state index < -0.39 is 0 Å². The SMILES string of the molecule is CCCNC(c1c(C)cc(C)cc1F)C(OC)C1CC1. The number of nitrogens with one attached hydrogen (secondary N) is 1. The summed E-state index contributed by atoms with van der Waals surface area (Å²) in [5, 5.41) is 3.49. The largest absolute Gasteiger partial charge is 0.379 e. The van der Waals surface area contributed by atoms with Crippen LogP contribution in [0.5, 0.6) is 0 Å². The third-order valence-electron chi connectivity index (χ3n) is 4.09. The van der Waals surface area contributed by atoms with Crippen molar-refractivity contribution in [3.05, 3.63) is 34.6 Å². The van der Waals surface area contributed by atoms with Gasteiger partial charge in [0.2, 0.25) is 0 Å². The smallest absolute Gasteiger partial charge is 0.128 e. The van der Waals surface area contributed by atoms with Gasteiger partial charge in [-0.2, -0.15) is 0 Å². The molecule has 0 aliphatic heterocycles. The fraction of sp³-hybridized carbons (Fsp3) is 0.647. The molecular formula is C17H26FNO. The minimum atomic E-state index is -0.112. The van der Waals surface area contributed by atoms with Crippen molar-refractivity contribution in [2.24, 2.45) is 5.92 Å². The van der Waals surface area contributed by atoms with Gasteiger partial charge in [0.15, 0.2) is 0 Å². The van der Waals surface area contributed by atoms with E-state index in [1.165, 1.54) is 12.8 Å². The molecule has 2 atom stereocenters. The molecule has 1 N–H and O–H groups in total. The first-order chi connectivity index (χ1) is 9.58. The van der Waals surface area contributed by atoms with Crippen LogP contribution < -0.4 is 5.32 Å². The summed E-state index contributed by atoms with van der Waals surface area (Å²) >= 11 is 0. The topological polar surface area (TPSA) is 21.3 Å². The lowest BCUT2D eigenvalue weighted by Gasteiger charge is -2.29. The highest BCUT2D eigenvalue weighted by Crippen LogP contribution is 2.41. The highest BCUT2D eigenvalue weighted by molar-refractivity contribution is 5.35. The Kier molecular flexibility index (Phi) is 5.17. The van der Waals surface area contributed by atoms with Gasteiger partial charge in [0, 0.05) is 12.7 Å². The van der Waals surface area contributed by atoms with Gasteiger partial charge in [-0.3, -0.25) is 0 Å². The minimum absolute atomic E-state index is 0.0481. The van der Waals surface area contributed by atoms with Crippen molar-refractivity contribution in [2.45, 2.75) is 52.2 Å². The summed E-state index contributed by atoms with van der Waals surface area (Å²) in [5.41, 5.74) is 2.76. The predicted octanol–water partition coefficient (Wildman–Crippen LogP) is 3.91. The number of hydrogen-bond donors (Lipinski definition) is 1. The molecule has 1 aliphatic rings. The predicted molar refractivity (Wildman–Crippen MR) is 80.4 cm³/mol.